The molecule has 33 heavy (non-hydrogen) atoms. The second-order valence-corrected chi connectivity index (χ2v) is 8.14. The molecule has 2 saturated heterocycles. The number of ether oxygens (including phenoxy) is 1. The number of rotatable bonds is 6. The molecule has 2 fully saturated rings. The first-order chi connectivity index (χ1) is 16.0. The van der Waals surface area contributed by atoms with E-state index in [1.165, 1.54) is 29.4 Å². The van der Waals surface area contributed by atoms with Crippen LogP contribution >= 0.6 is 0 Å². The van der Waals surface area contributed by atoms with E-state index in [-0.39, 0.29) is 11.8 Å². The average molecular weight is 454 g/mol. The summed E-state index contributed by atoms with van der Waals surface area (Å²) in [6.45, 7) is 1.75. The fourth-order valence-corrected chi connectivity index (χ4v) is 4.20. The number of nitrogens with zero attached hydrogens (tertiary/aromatic N) is 6. The van der Waals surface area contributed by atoms with Gasteiger partial charge in [-0.05, 0) is 30.5 Å². The summed E-state index contributed by atoms with van der Waals surface area (Å²) in [5.74, 6) is 0.261. The number of aromatic nitrogens is 4. The van der Waals surface area contributed by atoms with Gasteiger partial charge in [0.15, 0.2) is 17.7 Å². The fourth-order valence-electron chi connectivity index (χ4n) is 4.20. The number of hydrazone groups is 1. The highest BCUT2D eigenvalue weighted by Gasteiger charge is 2.44. The predicted octanol–water partition coefficient (Wildman–Crippen LogP) is 0.0662. The third-order valence-corrected chi connectivity index (χ3v) is 5.98. The van der Waals surface area contributed by atoms with E-state index < -0.39 is 31.1 Å². The molecule has 1 aromatic carbocycles. The Hall–Kier alpha value is -3.32. The Balaban J connectivity index is 1.33. The van der Waals surface area contributed by atoms with Gasteiger partial charge in [0.25, 0.3) is 0 Å². The lowest BCUT2D eigenvalue weighted by molar-refractivity contribution is -0.0511. The van der Waals surface area contributed by atoms with Crippen LogP contribution in [0.5, 0.6) is 0 Å². The molecular weight excluding hydrogens is 428 g/mol. The molecule has 3 aromatic rings. The van der Waals surface area contributed by atoms with Crippen LogP contribution in [0, 0.1) is 0 Å². The summed E-state index contributed by atoms with van der Waals surface area (Å²) in [5.41, 5.74) is 11.5. The second-order valence-electron chi connectivity index (χ2n) is 8.14. The van der Waals surface area contributed by atoms with Gasteiger partial charge in [0.05, 0.1) is 19.1 Å². The van der Waals surface area contributed by atoms with Crippen molar-refractivity contribution in [2.45, 2.75) is 37.4 Å². The summed E-state index contributed by atoms with van der Waals surface area (Å²) < 4.78 is 7.02. The highest BCUT2D eigenvalue weighted by molar-refractivity contribution is 5.83. The van der Waals surface area contributed by atoms with Crippen LogP contribution in [0.25, 0.3) is 11.2 Å². The van der Waals surface area contributed by atoms with Crippen LogP contribution in [-0.2, 0) is 4.74 Å². The molecule has 2 aromatic heterocycles. The van der Waals surface area contributed by atoms with E-state index in [0.29, 0.717) is 11.2 Å². The Labute approximate surface area is 189 Å². The zero-order valence-electron chi connectivity index (χ0n) is 17.8. The molecule has 1 unspecified atom stereocenters. The van der Waals surface area contributed by atoms with Crippen molar-refractivity contribution in [1.29, 1.82) is 0 Å². The van der Waals surface area contributed by atoms with Gasteiger partial charge in [-0.15, -0.1) is 0 Å². The Kier molecular flexibility index (Phi) is 5.81. The monoisotopic (exact) mass is 454 g/mol. The summed E-state index contributed by atoms with van der Waals surface area (Å²) in [6.07, 6.45) is 1.10. The number of aliphatic hydroxyl groups excluding tert-OH is 3. The second kappa shape index (κ2) is 8.90. The van der Waals surface area contributed by atoms with Crippen molar-refractivity contribution >= 4 is 34.8 Å². The van der Waals surface area contributed by atoms with Crippen LogP contribution in [0.4, 0.5) is 17.5 Å². The number of hydrogen-bond donors (Lipinski definition) is 5. The standard InChI is InChI=1S/C21H26N8O4/c22-18-15-19(29(11-23-15)20-17(32)16(31)14(10-30)33-20)26-21(25-18)27-24-9-12-3-5-13(6-4-12)28-7-1-2-8-28/h3-6,9,11,14,16-17,20,30-32H,1-2,7-8,10H2,(H3,22,25,26,27)/b24-9+/t14-,16+,17?,20-/m1/s1. The van der Waals surface area contributed by atoms with Crippen molar-refractivity contribution in [2.24, 2.45) is 5.10 Å². The van der Waals surface area contributed by atoms with Crippen molar-refractivity contribution in [3.8, 4) is 0 Å². The van der Waals surface area contributed by atoms with Crippen LogP contribution in [0.3, 0.4) is 0 Å². The third-order valence-electron chi connectivity index (χ3n) is 5.98. The molecule has 6 N–H and O–H groups in total. The number of imidazole rings is 1. The minimum Gasteiger partial charge on any atom is -0.394 e. The van der Waals surface area contributed by atoms with Crippen LogP contribution in [0.2, 0.25) is 0 Å². The van der Waals surface area contributed by atoms with Crippen LogP contribution < -0.4 is 16.1 Å². The maximum Gasteiger partial charge on any atom is 0.247 e. The van der Waals surface area contributed by atoms with Crippen LogP contribution in [0.15, 0.2) is 35.7 Å². The predicted molar refractivity (Wildman–Crippen MR) is 122 cm³/mol. The summed E-state index contributed by atoms with van der Waals surface area (Å²) >= 11 is 0. The number of aliphatic hydroxyl groups is 3. The van der Waals surface area contributed by atoms with Gasteiger partial charge >= 0.3 is 0 Å². The lowest BCUT2D eigenvalue weighted by Crippen LogP contribution is -2.33. The molecule has 0 aliphatic carbocycles. The van der Waals surface area contributed by atoms with Crippen molar-refractivity contribution < 1.29 is 20.1 Å². The van der Waals surface area contributed by atoms with Gasteiger partial charge in [0.1, 0.15) is 23.8 Å². The zero-order valence-corrected chi connectivity index (χ0v) is 17.8. The molecule has 0 bridgehead atoms. The van der Waals surface area contributed by atoms with E-state index in [0.717, 1.165) is 18.7 Å². The maximum absolute atomic E-state index is 10.3. The van der Waals surface area contributed by atoms with E-state index in [2.05, 4.69) is 42.5 Å². The molecule has 0 radical (unpaired) electrons. The molecule has 12 nitrogen and oxygen atoms in total. The van der Waals surface area contributed by atoms with E-state index in [4.69, 9.17) is 10.5 Å². The minimum atomic E-state index is -1.27. The first-order valence-electron chi connectivity index (χ1n) is 10.8. The van der Waals surface area contributed by atoms with Crippen molar-refractivity contribution in [2.75, 3.05) is 35.8 Å². The lowest BCUT2D eigenvalue weighted by Gasteiger charge is -2.17. The molecule has 2 aliphatic rings. The lowest BCUT2D eigenvalue weighted by atomic mass is 10.1. The van der Waals surface area contributed by atoms with Crippen LogP contribution in [-0.4, -0.2) is 79.1 Å². The van der Waals surface area contributed by atoms with Gasteiger partial charge < -0.3 is 30.7 Å². The first-order valence-corrected chi connectivity index (χ1v) is 10.8. The van der Waals surface area contributed by atoms with Crippen molar-refractivity contribution in [3.05, 3.63) is 36.2 Å². The molecule has 174 valence electrons. The summed E-state index contributed by atoms with van der Waals surface area (Å²) in [5, 5.41) is 33.9. The van der Waals surface area contributed by atoms with Gasteiger partial charge in [-0.3, -0.25) is 4.57 Å². The number of hydrogen-bond acceptors (Lipinski definition) is 11. The Bertz CT molecular complexity index is 1150. The normalized spacial score (nSPS) is 25.5. The highest BCUT2D eigenvalue weighted by Crippen LogP contribution is 2.32. The van der Waals surface area contributed by atoms with Gasteiger partial charge in [-0.1, -0.05) is 12.1 Å². The Morgan fingerprint density at radius 3 is 2.61 bits per heavy atom. The van der Waals surface area contributed by atoms with E-state index >= 15 is 0 Å². The fraction of sp³-hybridized carbons (Fsp3) is 0.429. The number of benzene rings is 1. The molecule has 5 rings (SSSR count). The topological polar surface area (TPSA) is 167 Å². The molecule has 12 heteroatoms. The average Bonchev–Trinajstić information content (AvgIpc) is 3.55. The molecule has 0 amide bonds. The zero-order chi connectivity index (χ0) is 22.9. The number of nitrogens with one attached hydrogen (secondary N) is 1. The number of nitrogens with two attached hydrogens (primary N) is 1. The van der Waals surface area contributed by atoms with Gasteiger partial charge in [0.2, 0.25) is 5.95 Å². The summed E-state index contributed by atoms with van der Waals surface area (Å²) in [6, 6.07) is 8.14. The van der Waals surface area contributed by atoms with E-state index in [1.807, 2.05) is 12.1 Å². The Morgan fingerprint density at radius 2 is 1.91 bits per heavy atom. The molecule has 4 atom stereocenters. The molecule has 0 saturated carbocycles. The quantitative estimate of drug-likeness (QED) is 0.254. The molecule has 0 spiro atoms. The number of anilines is 3. The first kappa shape index (κ1) is 21.5. The highest BCUT2D eigenvalue weighted by atomic mass is 16.6. The SMILES string of the molecule is Nc1nc(N/N=C/c2ccc(N3CCCC3)cc2)nc2c1ncn2[C@@H]1O[C@H](CO)[C@H](O)C1O. The Morgan fingerprint density at radius 1 is 1.15 bits per heavy atom. The van der Waals surface area contributed by atoms with Gasteiger partial charge in [-0.25, -0.2) is 10.4 Å². The summed E-state index contributed by atoms with van der Waals surface area (Å²) in [4.78, 5) is 15.1. The number of fused-ring (bicyclic) bond motifs is 1. The third kappa shape index (κ3) is 4.09. The smallest absolute Gasteiger partial charge is 0.247 e. The molecule has 2 aliphatic heterocycles. The maximum atomic E-state index is 10.3. The van der Waals surface area contributed by atoms with Crippen molar-refractivity contribution in [3.63, 3.8) is 0 Å². The molecule has 4 heterocycles. The van der Waals surface area contributed by atoms with Crippen LogP contribution in [0.1, 0.15) is 24.6 Å². The minimum absolute atomic E-state index is 0.123. The van der Waals surface area contributed by atoms with E-state index in [9.17, 15) is 15.3 Å². The van der Waals surface area contributed by atoms with Gasteiger partial charge in [-0.2, -0.15) is 15.1 Å². The molecular formula is C21H26N8O4. The largest absolute Gasteiger partial charge is 0.394 e. The number of nitrogen functional groups attached to an aromatic ring is 1. The van der Waals surface area contributed by atoms with E-state index in [1.54, 1.807) is 6.21 Å². The summed E-state index contributed by atoms with van der Waals surface area (Å²) in [7, 11) is 0. The van der Waals surface area contributed by atoms with Gasteiger partial charge in [0, 0.05) is 18.8 Å². The van der Waals surface area contributed by atoms with Crippen molar-refractivity contribution in [1.82, 2.24) is 19.5 Å².